The van der Waals surface area contributed by atoms with E-state index < -0.39 is 30.8 Å². The zero-order chi connectivity index (χ0) is 17.9. The average Bonchev–Trinajstić information content (AvgIpc) is 2.88. The standard InChI is InChI=1S/C15H14ClF2N3O3/c1-8-11(14(22)20-12(15(23)24)6-13(17)18)7-19-21(8)10-4-2-9(16)3-5-10/h2-5,7,12-13H,6H2,1H3,(H,20,22)(H,23,24). The smallest absolute Gasteiger partial charge is 0.326 e. The molecule has 0 saturated carbocycles. The molecule has 2 aromatic rings. The van der Waals surface area contributed by atoms with Gasteiger partial charge in [0.15, 0.2) is 0 Å². The zero-order valence-corrected chi connectivity index (χ0v) is 13.3. The summed E-state index contributed by atoms with van der Waals surface area (Å²) in [6.45, 7) is 1.61. The van der Waals surface area contributed by atoms with E-state index in [1.54, 1.807) is 31.2 Å². The summed E-state index contributed by atoms with van der Waals surface area (Å²) in [7, 11) is 0. The molecule has 0 aliphatic carbocycles. The number of hydrogen-bond donors (Lipinski definition) is 2. The minimum Gasteiger partial charge on any atom is -0.480 e. The maximum Gasteiger partial charge on any atom is 0.326 e. The van der Waals surface area contributed by atoms with Crippen molar-refractivity contribution in [2.24, 2.45) is 0 Å². The maximum atomic E-state index is 12.4. The van der Waals surface area contributed by atoms with Crippen molar-refractivity contribution in [3.63, 3.8) is 0 Å². The van der Waals surface area contributed by atoms with Crippen LogP contribution in [0.15, 0.2) is 30.5 Å². The second-order valence-corrected chi connectivity index (χ2v) is 5.46. The van der Waals surface area contributed by atoms with E-state index in [1.807, 2.05) is 0 Å². The van der Waals surface area contributed by atoms with Crippen molar-refractivity contribution < 1.29 is 23.5 Å². The van der Waals surface area contributed by atoms with Crippen LogP contribution in [-0.4, -0.2) is 39.2 Å². The van der Waals surface area contributed by atoms with E-state index in [4.69, 9.17) is 16.7 Å². The van der Waals surface area contributed by atoms with Crippen molar-refractivity contribution in [1.82, 2.24) is 15.1 Å². The fraction of sp³-hybridized carbons (Fsp3) is 0.267. The van der Waals surface area contributed by atoms with Crippen LogP contribution in [-0.2, 0) is 4.79 Å². The van der Waals surface area contributed by atoms with E-state index in [9.17, 15) is 18.4 Å². The van der Waals surface area contributed by atoms with Gasteiger partial charge in [0.25, 0.3) is 5.91 Å². The predicted molar refractivity (Wildman–Crippen MR) is 82.8 cm³/mol. The van der Waals surface area contributed by atoms with Crippen molar-refractivity contribution in [1.29, 1.82) is 0 Å². The summed E-state index contributed by atoms with van der Waals surface area (Å²) in [5.74, 6) is -2.30. The van der Waals surface area contributed by atoms with Crippen LogP contribution in [0.2, 0.25) is 5.02 Å². The number of nitrogens with one attached hydrogen (secondary N) is 1. The van der Waals surface area contributed by atoms with E-state index >= 15 is 0 Å². The molecule has 9 heteroatoms. The number of carbonyl (C=O) groups is 2. The lowest BCUT2D eigenvalue weighted by molar-refractivity contribution is -0.140. The van der Waals surface area contributed by atoms with Crippen molar-refractivity contribution >= 4 is 23.5 Å². The molecule has 0 spiro atoms. The van der Waals surface area contributed by atoms with Crippen LogP contribution in [0.3, 0.4) is 0 Å². The van der Waals surface area contributed by atoms with Crippen LogP contribution >= 0.6 is 11.6 Å². The lowest BCUT2D eigenvalue weighted by Gasteiger charge is -2.13. The summed E-state index contributed by atoms with van der Waals surface area (Å²) in [5, 5.41) is 15.6. The molecule has 2 rings (SSSR count). The Hall–Kier alpha value is -2.48. The van der Waals surface area contributed by atoms with Gasteiger partial charge in [-0.25, -0.2) is 18.3 Å². The third-order valence-electron chi connectivity index (χ3n) is 3.34. The first-order chi connectivity index (χ1) is 11.3. The summed E-state index contributed by atoms with van der Waals surface area (Å²) in [5.41, 5.74) is 1.19. The molecule has 0 radical (unpaired) electrons. The molecule has 0 bridgehead atoms. The predicted octanol–water partition coefficient (Wildman–Crippen LogP) is 2.67. The van der Waals surface area contributed by atoms with Crippen LogP contribution < -0.4 is 5.32 Å². The fourth-order valence-corrected chi connectivity index (χ4v) is 2.24. The van der Waals surface area contributed by atoms with E-state index in [0.717, 1.165) is 0 Å². The number of carboxylic acids is 1. The van der Waals surface area contributed by atoms with Crippen LogP contribution in [0.1, 0.15) is 22.5 Å². The summed E-state index contributed by atoms with van der Waals surface area (Å²) in [6.07, 6.45) is -2.56. The van der Waals surface area contributed by atoms with Crippen LogP contribution in [0.4, 0.5) is 8.78 Å². The number of carbonyl (C=O) groups excluding carboxylic acids is 1. The Morgan fingerprint density at radius 1 is 1.33 bits per heavy atom. The number of aromatic nitrogens is 2. The molecule has 1 unspecified atom stereocenters. The summed E-state index contributed by atoms with van der Waals surface area (Å²) < 4.78 is 26.3. The Kier molecular flexibility index (Phi) is 5.50. The second-order valence-electron chi connectivity index (χ2n) is 5.02. The van der Waals surface area contributed by atoms with Gasteiger partial charge in [-0.3, -0.25) is 4.79 Å². The van der Waals surface area contributed by atoms with E-state index in [0.29, 0.717) is 16.4 Å². The van der Waals surface area contributed by atoms with Gasteiger partial charge >= 0.3 is 5.97 Å². The zero-order valence-electron chi connectivity index (χ0n) is 12.5. The first kappa shape index (κ1) is 17.9. The van der Waals surface area contributed by atoms with Crippen LogP contribution in [0.25, 0.3) is 5.69 Å². The van der Waals surface area contributed by atoms with E-state index in [1.165, 1.54) is 10.9 Å². The lowest BCUT2D eigenvalue weighted by Crippen LogP contribution is -2.42. The van der Waals surface area contributed by atoms with Crippen molar-refractivity contribution in [3.05, 3.63) is 46.7 Å². The van der Waals surface area contributed by atoms with Crippen LogP contribution in [0.5, 0.6) is 0 Å². The summed E-state index contributed by atoms with van der Waals surface area (Å²) in [6, 6.07) is 5.03. The van der Waals surface area contributed by atoms with Gasteiger partial charge in [-0.05, 0) is 31.2 Å². The lowest BCUT2D eigenvalue weighted by atomic mass is 10.2. The van der Waals surface area contributed by atoms with Gasteiger partial charge in [0, 0.05) is 11.4 Å². The molecule has 128 valence electrons. The first-order valence-electron chi connectivity index (χ1n) is 6.92. The quantitative estimate of drug-likeness (QED) is 0.832. The summed E-state index contributed by atoms with van der Waals surface area (Å²) in [4.78, 5) is 23.1. The van der Waals surface area contributed by atoms with Crippen LogP contribution in [0, 0.1) is 6.92 Å². The Morgan fingerprint density at radius 3 is 2.50 bits per heavy atom. The third-order valence-corrected chi connectivity index (χ3v) is 3.59. The van der Waals surface area contributed by atoms with Gasteiger partial charge in [-0.15, -0.1) is 0 Å². The SMILES string of the molecule is Cc1c(C(=O)NC(CC(F)F)C(=O)O)cnn1-c1ccc(Cl)cc1. The number of rotatable bonds is 6. The topological polar surface area (TPSA) is 84.2 Å². The number of carboxylic acid groups (broad SMARTS) is 1. The highest BCUT2D eigenvalue weighted by molar-refractivity contribution is 6.30. The number of alkyl halides is 2. The molecular formula is C15H14ClF2N3O3. The third kappa shape index (κ3) is 4.08. The summed E-state index contributed by atoms with van der Waals surface area (Å²) >= 11 is 5.81. The highest BCUT2D eigenvalue weighted by Gasteiger charge is 2.26. The number of nitrogens with zero attached hydrogens (tertiary/aromatic N) is 2. The number of benzene rings is 1. The Morgan fingerprint density at radius 2 is 1.96 bits per heavy atom. The van der Waals surface area contributed by atoms with Crippen molar-refractivity contribution in [2.75, 3.05) is 0 Å². The molecule has 1 aromatic heterocycles. The number of halogens is 3. The first-order valence-corrected chi connectivity index (χ1v) is 7.29. The van der Waals surface area contributed by atoms with Gasteiger partial charge in [0.05, 0.1) is 23.1 Å². The largest absolute Gasteiger partial charge is 0.480 e. The highest BCUT2D eigenvalue weighted by Crippen LogP contribution is 2.17. The fourth-order valence-electron chi connectivity index (χ4n) is 2.11. The molecule has 6 nitrogen and oxygen atoms in total. The van der Waals surface area contributed by atoms with Gasteiger partial charge in [-0.1, -0.05) is 11.6 Å². The molecular weight excluding hydrogens is 344 g/mol. The Labute approximate surface area is 141 Å². The van der Waals surface area contributed by atoms with Crippen molar-refractivity contribution in [2.45, 2.75) is 25.8 Å². The van der Waals surface area contributed by atoms with Gasteiger partial charge < -0.3 is 10.4 Å². The Bertz CT molecular complexity index is 747. The Balaban J connectivity index is 2.21. The minimum atomic E-state index is -2.84. The number of aliphatic carboxylic acids is 1. The molecule has 0 aliphatic heterocycles. The van der Waals surface area contributed by atoms with E-state index in [-0.39, 0.29) is 5.56 Å². The monoisotopic (exact) mass is 357 g/mol. The molecule has 0 fully saturated rings. The molecule has 0 saturated heterocycles. The number of amides is 1. The molecule has 24 heavy (non-hydrogen) atoms. The molecule has 2 N–H and O–H groups in total. The molecule has 1 atom stereocenters. The normalized spacial score (nSPS) is 12.2. The minimum absolute atomic E-state index is 0.102. The second kappa shape index (κ2) is 7.39. The molecule has 1 heterocycles. The average molecular weight is 358 g/mol. The van der Waals surface area contributed by atoms with E-state index in [2.05, 4.69) is 10.4 Å². The van der Waals surface area contributed by atoms with Gasteiger partial charge in [0.2, 0.25) is 6.43 Å². The van der Waals surface area contributed by atoms with Crippen molar-refractivity contribution in [3.8, 4) is 5.69 Å². The molecule has 1 amide bonds. The van der Waals surface area contributed by atoms with Gasteiger partial charge in [-0.2, -0.15) is 5.10 Å². The number of hydrogen-bond acceptors (Lipinski definition) is 3. The van der Waals surface area contributed by atoms with Gasteiger partial charge in [0.1, 0.15) is 6.04 Å². The highest BCUT2D eigenvalue weighted by atomic mass is 35.5. The maximum absolute atomic E-state index is 12.4. The molecule has 1 aromatic carbocycles. The molecule has 0 aliphatic rings.